The van der Waals surface area contributed by atoms with E-state index >= 15 is 0 Å². The summed E-state index contributed by atoms with van der Waals surface area (Å²) in [7, 11) is 0. The Kier molecular flexibility index (Phi) is 4.53. The van der Waals surface area contributed by atoms with E-state index in [1.165, 1.54) is 18.2 Å². The Morgan fingerprint density at radius 3 is 2.72 bits per heavy atom. The fourth-order valence-corrected chi connectivity index (χ4v) is 1.70. The third-order valence-corrected chi connectivity index (χ3v) is 3.53. The number of thiocarbonyl (C=S) groups is 1. The van der Waals surface area contributed by atoms with Gasteiger partial charge in [-0.2, -0.15) is 0 Å². The first-order valence-corrected chi connectivity index (χ1v) is 6.19. The van der Waals surface area contributed by atoms with Crippen LogP contribution in [-0.2, 0) is 0 Å². The number of carbonyl (C=O) groups is 1. The topological polar surface area (TPSA) is 75.3 Å². The van der Waals surface area contributed by atoms with Gasteiger partial charge in [0, 0.05) is 5.02 Å². The van der Waals surface area contributed by atoms with E-state index in [2.05, 4.69) is 5.32 Å². The van der Waals surface area contributed by atoms with Gasteiger partial charge in [-0.3, -0.25) is 4.79 Å². The molecule has 1 aromatic carbocycles. The molecule has 0 saturated heterocycles. The van der Waals surface area contributed by atoms with Crippen LogP contribution in [0.3, 0.4) is 0 Å². The first-order valence-electron chi connectivity index (χ1n) is 5.41. The smallest absolute Gasteiger partial charge is 0.255 e. The SMILES string of the molecule is CCC(C)(NC(=O)c1cc(Cl)ccc1O)C(N)=S. The van der Waals surface area contributed by atoms with E-state index in [4.69, 9.17) is 29.6 Å². The van der Waals surface area contributed by atoms with Crippen molar-refractivity contribution < 1.29 is 9.90 Å². The molecule has 1 aromatic rings. The first-order chi connectivity index (χ1) is 8.30. The average Bonchev–Trinajstić information content (AvgIpc) is 2.31. The number of benzene rings is 1. The number of nitrogens with two attached hydrogens (primary N) is 1. The maximum absolute atomic E-state index is 12.1. The third-order valence-electron chi connectivity index (χ3n) is 2.84. The molecule has 1 atom stereocenters. The Balaban J connectivity index is 3.02. The van der Waals surface area contributed by atoms with E-state index in [1.807, 2.05) is 6.92 Å². The van der Waals surface area contributed by atoms with Gasteiger partial charge in [0.05, 0.1) is 16.1 Å². The lowest BCUT2D eigenvalue weighted by molar-refractivity contribution is 0.0924. The Hall–Kier alpha value is -1.33. The summed E-state index contributed by atoms with van der Waals surface area (Å²) in [5.41, 5.74) is 4.91. The quantitative estimate of drug-likeness (QED) is 0.742. The molecular weight excluding hydrogens is 272 g/mol. The lowest BCUT2D eigenvalue weighted by atomic mass is 9.98. The Morgan fingerprint density at radius 2 is 2.22 bits per heavy atom. The minimum atomic E-state index is -0.791. The first kappa shape index (κ1) is 14.7. The van der Waals surface area contributed by atoms with Crippen molar-refractivity contribution in [1.29, 1.82) is 0 Å². The maximum Gasteiger partial charge on any atom is 0.255 e. The zero-order valence-corrected chi connectivity index (χ0v) is 11.7. The summed E-state index contributed by atoms with van der Waals surface area (Å²) in [6.45, 7) is 3.59. The second-order valence-corrected chi connectivity index (χ2v) is 5.04. The molecule has 0 saturated carbocycles. The van der Waals surface area contributed by atoms with Gasteiger partial charge in [-0.1, -0.05) is 30.7 Å². The third kappa shape index (κ3) is 3.11. The van der Waals surface area contributed by atoms with Gasteiger partial charge < -0.3 is 16.2 Å². The number of phenols is 1. The van der Waals surface area contributed by atoms with E-state index in [9.17, 15) is 9.90 Å². The standard InChI is InChI=1S/C12H15ClN2O2S/c1-3-12(2,11(14)18)15-10(17)8-6-7(13)4-5-9(8)16/h4-6,16H,3H2,1-2H3,(H2,14,18)(H,15,17). The fraction of sp³-hybridized carbons (Fsp3) is 0.333. The minimum absolute atomic E-state index is 0.0958. The number of hydrogen-bond acceptors (Lipinski definition) is 3. The molecule has 1 rings (SSSR count). The average molecular weight is 287 g/mol. The van der Waals surface area contributed by atoms with Crippen LogP contribution >= 0.6 is 23.8 Å². The van der Waals surface area contributed by atoms with Gasteiger partial charge in [0.15, 0.2) is 0 Å². The number of phenolic OH excluding ortho intramolecular Hbond substituents is 1. The van der Waals surface area contributed by atoms with Crippen molar-refractivity contribution >= 4 is 34.7 Å². The minimum Gasteiger partial charge on any atom is -0.507 e. The molecule has 0 aromatic heterocycles. The largest absolute Gasteiger partial charge is 0.507 e. The number of hydrogen-bond donors (Lipinski definition) is 3. The molecule has 4 nitrogen and oxygen atoms in total. The molecule has 98 valence electrons. The van der Waals surface area contributed by atoms with Crippen molar-refractivity contribution in [2.45, 2.75) is 25.8 Å². The molecule has 4 N–H and O–H groups in total. The van der Waals surface area contributed by atoms with Gasteiger partial charge >= 0.3 is 0 Å². The summed E-state index contributed by atoms with van der Waals surface area (Å²) >= 11 is 10.7. The number of carbonyl (C=O) groups excluding carboxylic acids is 1. The number of rotatable bonds is 4. The van der Waals surface area contributed by atoms with Crippen molar-refractivity contribution in [3.63, 3.8) is 0 Å². The highest BCUT2D eigenvalue weighted by Gasteiger charge is 2.28. The van der Waals surface area contributed by atoms with E-state index in [-0.39, 0.29) is 16.3 Å². The Labute approximate surface area is 116 Å². The van der Waals surface area contributed by atoms with Crippen molar-refractivity contribution in [1.82, 2.24) is 5.32 Å². The highest BCUT2D eigenvalue weighted by Crippen LogP contribution is 2.22. The molecule has 6 heteroatoms. The van der Waals surface area contributed by atoms with Crippen LogP contribution in [0.15, 0.2) is 18.2 Å². The van der Waals surface area contributed by atoms with Crippen LogP contribution in [0.5, 0.6) is 5.75 Å². The van der Waals surface area contributed by atoms with Crippen molar-refractivity contribution in [3.8, 4) is 5.75 Å². The zero-order valence-electron chi connectivity index (χ0n) is 10.2. The molecule has 0 aliphatic carbocycles. The monoisotopic (exact) mass is 286 g/mol. The van der Waals surface area contributed by atoms with Crippen LogP contribution in [-0.4, -0.2) is 21.5 Å². The van der Waals surface area contributed by atoms with Gasteiger partial charge in [0.25, 0.3) is 5.91 Å². The number of amides is 1. The Bertz CT molecular complexity index is 493. The van der Waals surface area contributed by atoms with Gasteiger partial charge in [-0.15, -0.1) is 0 Å². The molecule has 0 spiro atoms. The van der Waals surface area contributed by atoms with E-state index < -0.39 is 11.4 Å². The number of aromatic hydroxyl groups is 1. The normalized spacial score (nSPS) is 13.7. The van der Waals surface area contributed by atoms with Crippen molar-refractivity contribution in [2.75, 3.05) is 0 Å². The van der Waals surface area contributed by atoms with Crippen LogP contribution in [0.2, 0.25) is 5.02 Å². The molecule has 0 fully saturated rings. The van der Waals surface area contributed by atoms with E-state index in [1.54, 1.807) is 6.92 Å². The Morgan fingerprint density at radius 1 is 1.61 bits per heavy atom. The molecule has 0 aliphatic heterocycles. The molecule has 1 unspecified atom stereocenters. The van der Waals surface area contributed by atoms with Crippen LogP contribution in [0, 0.1) is 0 Å². The molecule has 1 amide bonds. The van der Waals surface area contributed by atoms with Gasteiger partial charge in [0.1, 0.15) is 5.75 Å². The zero-order chi connectivity index (χ0) is 13.9. The second kappa shape index (κ2) is 5.54. The van der Waals surface area contributed by atoms with Crippen LogP contribution in [0.4, 0.5) is 0 Å². The molecule has 0 radical (unpaired) electrons. The number of nitrogens with one attached hydrogen (secondary N) is 1. The highest BCUT2D eigenvalue weighted by atomic mass is 35.5. The summed E-state index contributed by atoms with van der Waals surface area (Å²) in [4.78, 5) is 12.2. The van der Waals surface area contributed by atoms with Crippen LogP contribution < -0.4 is 11.1 Å². The van der Waals surface area contributed by atoms with Gasteiger partial charge in [-0.05, 0) is 31.5 Å². The summed E-state index contributed by atoms with van der Waals surface area (Å²) < 4.78 is 0. The van der Waals surface area contributed by atoms with Crippen LogP contribution in [0.25, 0.3) is 0 Å². The lowest BCUT2D eigenvalue weighted by Gasteiger charge is -2.28. The second-order valence-electron chi connectivity index (χ2n) is 4.17. The van der Waals surface area contributed by atoms with Crippen LogP contribution in [0.1, 0.15) is 30.6 Å². The predicted octanol–water partition coefficient (Wildman–Crippen LogP) is 2.23. The summed E-state index contributed by atoms with van der Waals surface area (Å²) in [6.07, 6.45) is 0.551. The van der Waals surface area contributed by atoms with Crippen molar-refractivity contribution in [3.05, 3.63) is 28.8 Å². The fourth-order valence-electron chi connectivity index (χ4n) is 1.33. The van der Waals surface area contributed by atoms with E-state index in [0.717, 1.165) is 0 Å². The summed E-state index contributed by atoms with van der Waals surface area (Å²) in [5, 5.41) is 12.7. The lowest BCUT2D eigenvalue weighted by Crippen LogP contribution is -2.54. The number of halogens is 1. The molecule has 0 aliphatic rings. The summed E-state index contributed by atoms with van der Waals surface area (Å²) in [5.74, 6) is -0.606. The van der Waals surface area contributed by atoms with Crippen molar-refractivity contribution in [2.24, 2.45) is 5.73 Å². The summed E-state index contributed by atoms with van der Waals surface area (Å²) in [6, 6.07) is 4.25. The maximum atomic E-state index is 12.1. The molecule has 0 heterocycles. The molecular formula is C12H15ClN2O2S. The predicted molar refractivity (Wildman–Crippen MR) is 76.1 cm³/mol. The molecule has 0 bridgehead atoms. The van der Waals surface area contributed by atoms with Gasteiger partial charge in [-0.25, -0.2) is 0 Å². The van der Waals surface area contributed by atoms with Gasteiger partial charge in [0.2, 0.25) is 0 Å². The molecule has 18 heavy (non-hydrogen) atoms. The highest BCUT2D eigenvalue weighted by molar-refractivity contribution is 7.80. The van der Waals surface area contributed by atoms with E-state index in [0.29, 0.717) is 11.4 Å².